The maximum atomic E-state index is 13.9. The Balaban J connectivity index is 2.15. The van der Waals surface area contributed by atoms with Crippen LogP contribution >= 0.6 is 0 Å². The van der Waals surface area contributed by atoms with Crippen LogP contribution in [0, 0.1) is 18.7 Å². The van der Waals surface area contributed by atoms with E-state index < -0.39 is 11.7 Å². The predicted molar refractivity (Wildman–Crippen MR) is 74.9 cm³/mol. The fourth-order valence-corrected chi connectivity index (χ4v) is 2.35. The fourth-order valence-electron chi connectivity index (χ4n) is 2.35. The maximum absolute atomic E-state index is 13.9. The fraction of sp³-hybridized carbons (Fsp3) is 0.467. The minimum atomic E-state index is -0.428. The molecule has 20 heavy (non-hydrogen) atoms. The van der Waals surface area contributed by atoms with Crippen molar-refractivity contribution in [3.05, 3.63) is 29.6 Å². The third kappa shape index (κ3) is 2.98. The van der Waals surface area contributed by atoms with Gasteiger partial charge in [-0.05, 0) is 38.5 Å². The van der Waals surface area contributed by atoms with Crippen molar-refractivity contribution in [1.29, 1.82) is 0 Å². The van der Waals surface area contributed by atoms with Crippen molar-refractivity contribution >= 4 is 17.5 Å². The van der Waals surface area contributed by atoms with E-state index in [2.05, 4.69) is 5.32 Å². The van der Waals surface area contributed by atoms with Crippen molar-refractivity contribution < 1.29 is 14.0 Å². The summed E-state index contributed by atoms with van der Waals surface area (Å²) in [4.78, 5) is 25.3. The van der Waals surface area contributed by atoms with Gasteiger partial charge < -0.3 is 10.2 Å². The van der Waals surface area contributed by atoms with Crippen molar-refractivity contribution in [3.8, 4) is 0 Å². The minimum absolute atomic E-state index is 0.0303. The first kappa shape index (κ1) is 14.5. The SMILES string of the molecule is Cc1ccc(N2C[C@H](C(=O)NC(C)C)CC2=O)c(F)c1. The number of hydrogen-bond acceptors (Lipinski definition) is 2. The largest absolute Gasteiger partial charge is 0.354 e. The Morgan fingerprint density at radius 2 is 2.15 bits per heavy atom. The Kier molecular flexibility index (Phi) is 4.06. The number of amides is 2. The van der Waals surface area contributed by atoms with Crippen LogP contribution in [0.25, 0.3) is 0 Å². The normalized spacial score (nSPS) is 18.8. The molecule has 5 heteroatoms. The third-order valence-corrected chi connectivity index (χ3v) is 3.32. The topological polar surface area (TPSA) is 49.4 Å². The number of carbonyl (C=O) groups is 2. The summed E-state index contributed by atoms with van der Waals surface area (Å²) in [7, 11) is 0. The summed E-state index contributed by atoms with van der Waals surface area (Å²) in [6.45, 7) is 5.76. The number of hydrogen-bond donors (Lipinski definition) is 1. The standard InChI is InChI=1S/C15H19FN2O2/c1-9(2)17-15(20)11-7-14(19)18(8-11)13-5-4-10(3)6-12(13)16/h4-6,9,11H,7-8H2,1-3H3,(H,17,20)/t11-/m1/s1. The van der Waals surface area contributed by atoms with E-state index in [1.165, 1.54) is 11.0 Å². The van der Waals surface area contributed by atoms with Gasteiger partial charge in [0.1, 0.15) is 5.82 Å². The van der Waals surface area contributed by atoms with Crippen LogP contribution in [0.5, 0.6) is 0 Å². The highest BCUT2D eigenvalue weighted by Gasteiger charge is 2.36. The molecule has 1 fully saturated rings. The molecule has 4 nitrogen and oxygen atoms in total. The van der Waals surface area contributed by atoms with Crippen molar-refractivity contribution in [2.75, 3.05) is 11.4 Å². The first-order chi connectivity index (χ1) is 9.38. The molecule has 1 aromatic carbocycles. The van der Waals surface area contributed by atoms with E-state index in [1.54, 1.807) is 19.1 Å². The average Bonchev–Trinajstić information content (AvgIpc) is 2.70. The van der Waals surface area contributed by atoms with E-state index >= 15 is 0 Å². The number of carbonyl (C=O) groups excluding carboxylic acids is 2. The number of halogens is 1. The summed E-state index contributed by atoms with van der Waals surface area (Å²) in [5.74, 6) is -1.20. The molecule has 0 saturated carbocycles. The summed E-state index contributed by atoms with van der Waals surface area (Å²) in [6.07, 6.45) is 0.131. The van der Waals surface area contributed by atoms with Gasteiger partial charge in [-0.25, -0.2) is 4.39 Å². The van der Waals surface area contributed by atoms with Gasteiger partial charge in [-0.2, -0.15) is 0 Å². The summed E-state index contributed by atoms with van der Waals surface area (Å²) in [5.41, 5.74) is 1.05. The third-order valence-electron chi connectivity index (χ3n) is 3.32. The molecule has 0 bridgehead atoms. The van der Waals surface area contributed by atoms with Gasteiger partial charge in [0.25, 0.3) is 0 Å². The van der Waals surface area contributed by atoms with Gasteiger partial charge in [0, 0.05) is 19.0 Å². The van der Waals surface area contributed by atoms with Crippen molar-refractivity contribution in [2.45, 2.75) is 33.2 Å². The molecule has 2 amide bonds. The number of rotatable bonds is 3. The van der Waals surface area contributed by atoms with Crippen molar-refractivity contribution in [3.63, 3.8) is 0 Å². The zero-order chi connectivity index (χ0) is 14.9. The molecule has 0 aliphatic carbocycles. The van der Waals surface area contributed by atoms with Gasteiger partial charge in [0.05, 0.1) is 11.6 Å². The van der Waals surface area contributed by atoms with Crippen molar-refractivity contribution in [2.24, 2.45) is 5.92 Å². The van der Waals surface area contributed by atoms with Gasteiger partial charge in [-0.15, -0.1) is 0 Å². The molecule has 108 valence electrons. The second-order valence-electron chi connectivity index (χ2n) is 5.52. The molecule has 0 spiro atoms. The highest BCUT2D eigenvalue weighted by atomic mass is 19.1. The van der Waals surface area contributed by atoms with Crippen molar-refractivity contribution in [1.82, 2.24) is 5.32 Å². The summed E-state index contributed by atoms with van der Waals surface area (Å²) >= 11 is 0. The molecule has 1 aliphatic heterocycles. The van der Waals surface area contributed by atoms with Gasteiger partial charge in [-0.1, -0.05) is 6.07 Å². The van der Waals surface area contributed by atoms with Crippen LogP contribution in [-0.2, 0) is 9.59 Å². The molecule has 1 atom stereocenters. The lowest BCUT2D eigenvalue weighted by Gasteiger charge is -2.18. The number of benzene rings is 1. The molecular weight excluding hydrogens is 259 g/mol. The molecule has 1 N–H and O–H groups in total. The molecule has 1 aliphatic rings. The highest BCUT2D eigenvalue weighted by molar-refractivity contribution is 6.00. The molecule has 0 unspecified atom stereocenters. The number of nitrogens with one attached hydrogen (secondary N) is 1. The summed E-state index contributed by atoms with van der Waals surface area (Å²) in [6, 6.07) is 4.77. The minimum Gasteiger partial charge on any atom is -0.354 e. The van der Waals surface area contributed by atoms with E-state index in [0.29, 0.717) is 0 Å². The second-order valence-corrected chi connectivity index (χ2v) is 5.52. The number of nitrogens with zero attached hydrogens (tertiary/aromatic N) is 1. The summed E-state index contributed by atoms with van der Waals surface area (Å²) < 4.78 is 13.9. The Hall–Kier alpha value is -1.91. The van der Waals surface area contributed by atoms with Crippen LogP contribution in [0.2, 0.25) is 0 Å². The molecule has 0 aromatic heterocycles. The van der Waals surface area contributed by atoms with Crippen LogP contribution in [0.15, 0.2) is 18.2 Å². The Bertz CT molecular complexity index is 543. The molecule has 1 saturated heterocycles. The molecule has 1 heterocycles. The van der Waals surface area contributed by atoms with Gasteiger partial charge in [0.15, 0.2) is 0 Å². The van der Waals surface area contributed by atoms with Gasteiger partial charge >= 0.3 is 0 Å². The van der Waals surface area contributed by atoms with Crippen LogP contribution in [0.4, 0.5) is 10.1 Å². The van der Waals surface area contributed by atoms with Crippen LogP contribution in [0.3, 0.4) is 0 Å². The quantitative estimate of drug-likeness (QED) is 0.919. The van der Waals surface area contributed by atoms with Crippen LogP contribution in [-0.4, -0.2) is 24.4 Å². The first-order valence-corrected chi connectivity index (χ1v) is 6.75. The lowest BCUT2D eigenvalue weighted by molar-refractivity contribution is -0.126. The smallest absolute Gasteiger partial charge is 0.227 e. The maximum Gasteiger partial charge on any atom is 0.227 e. The first-order valence-electron chi connectivity index (χ1n) is 6.75. The van der Waals surface area contributed by atoms with E-state index in [9.17, 15) is 14.0 Å². The number of anilines is 1. The summed E-state index contributed by atoms with van der Waals surface area (Å²) in [5, 5.41) is 2.79. The molecule has 1 aromatic rings. The Morgan fingerprint density at radius 1 is 1.45 bits per heavy atom. The monoisotopic (exact) mass is 278 g/mol. The molecule has 2 rings (SSSR count). The van der Waals surface area contributed by atoms with E-state index in [0.717, 1.165) is 5.56 Å². The average molecular weight is 278 g/mol. The van der Waals surface area contributed by atoms with E-state index in [-0.39, 0.29) is 36.5 Å². The van der Waals surface area contributed by atoms with Gasteiger partial charge in [0.2, 0.25) is 11.8 Å². The zero-order valence-corrected chi connectivity index (χ0v) is 11.9. The molecular formula is C15H19FN2O2. The highest BCUT2D eigenvalue weighted by Crippen LogP contribution is 2.28. The van der Waals surface area contributed by atoms with E-state index in [1.807, 2.05) is 13.8 Å². The van der Waals surface area contributed by atoms with E-state index in [4.69, 9.17) is 0 Å². The van der Waals surface area contributed by atoms with Crippen LogP contribution in [0.1, 0.15) is 25.8 Å². The number of aryl methyl sites for hydroxylation is 1. The lowest BCUT2D eigenvalue weighted by atomic mass is 10.1. The Labute approximate surface area is 118 Å². The van der Waals surface area contributed by atoms with Crippen LogP contribution < -0.4 is 10.2 Å². The van der Waals surface area contributed by atoms with Gasteiger partial charge in [-0.3, -0.25) is 9.59 Å². The lowest BCUT2D eigenvalue weighted by Crippen LogP contribution is -2.37. The predicted octanol–water partition coefficient (Wildman–Crippen LogP) is 2.01. The zero-order valence-electron chi connectivity index (χ0n) is 11.9. The second kappa shape index (κ2) is 5.61. The molecule has 0 radical (unpaired) electrons. The Morgan fingerprint density at radius 3 is 2.75 bits per heavy atom.